The normalized spacial score (nSPS) is 18.2. The molecule has 98 valence electrons. The number of carbonyl (C=O) groups is 1. The maximum atomic E-state index is 13.6. The Labute approximate surface area is 107 Å². The molecule has 0 spiro atoms. The standard InChI is InChI=1S/C15H19FO2/c1-14(2,16)10-11-5-3-6-12(9-11)15(13(17)18)7-4-8-15/h3,5-6,9H,4,7-8,10H2,1-2H3,(H,17,18). The molecule has 2 rings (SSSR count). The monoisotopic (exact) mass is 250 g/mol. The number of carboxylic acids is 1. The number of aliphatic carboxylic acids is 1. The highest BCUT2D eigenvalue weighted by molar-refractivity contribution is 5.82. The van der Waals surface area contributed by atoms with Gasteiger partial charge in [0, 0.05) is 6.42 Å². The first-order valence-electron chi connectivity index (χ1n) is 6.35. The highest BCUT2D eigenvalue weighted by atomic mass is 19.1. The van der Waals surface area contributed by atoms with E-state index in [2.05, 4.69) is 0 Å². The number of benzene rings is 1. The molecule has 0 atom stereocenters. The molecule has 1 aliphatic carbocycles. The van der Waals surface area contributed by atoms with Gasteiger partial charge in [0.15, 0.2) is 0 Å². The van der Waals surface area contributed by atoms with Crippen molar-refractivity contribution in [3.8, 4) is 0 Å². The highest BCUT2D eigenvalue weighted by Crippen LogP contribution is 2.44. The van der Waals surface area contributed by atoms with Gasteiger partial charge in [-0.1, -0.05) is 30.7 Å². The summed E-state index contributed by atoms with van der Waals surface area (Å²) in [7, 11) is 0. The van der Waals surface area contributed by atoms with E-state index in [0.717, 1.165) is 17.5 Å². The molecule has 18 heavy (non-hydrogen) atoms. The first kappa shape index (κ1) is 13.1. The Balaban J connectivity index is 2.30. The second kappa shape index (κ2) is 4.38. The number of halogens is 1. The fraction of sp³-hybridized carbons (Fsp3) is 0.533. The molecule has 1 fully saturated rings. The first-order valence-corrected chi connectivity index (χ1v) is 6.35. The van der Waals surface area contributed by atoms with Gasteiger partial charge in [-0.3, -0.25) is 4.79 Å². The molecule has 1 saturated carbocycles. The summed E-state index contributed by atoms with van der Waals surface area (Å²) in [5, 5.41) is 9.39. The molecule has 0 aromatic heterocycles. The fourth-order valence-electron chi connectivity index (χ4n) is 2.62. The second-order valence-corrected chi connectivity index (χ2v) is 5.84. The average molecular weight is 250 g/mol. The van der Waals surface area contributed by atoms with Crippen molar-refractivity contribution in [1.29, 1.82) is 0 Å². The molecule has 1 aliphatic rings. The van der Waals surface area contributed by atoms with Crippen LogP contribution in [0.15, 0.2) is 24.3 Å². The Morgan fingerprint density at radius 3 is 2.56 bits per heavy atom. The van der Waals surface area contributed by atoms with E-state index in [1.165, 1.54) is 13.8 Å². The lowest BCUT2D eigenvalue weighted by molar-refractivity contribution is -0.147. The lowest BCUT2D eigenvalue weighted by atomic mass is 9.64. The number of hydrogen-bond donors (Lipinski definition) is 1. The number of hydrogen-bond acceptors (Lipinski definition) is 1. The predicted molar refractivity (Wildman–Crippen MR) is 68.5 cm³/mol. The fourth-order valence-corrected chi connectivity index (χ4v) is 2.62. The maximum absolute atomic E-state index is 13.6. The Bertz CT molecular complexity index is 456. The van der Waals surface area contributed by atoms with Gasteiger partial charge in [-0.15, -0.1) is 0 Å². The molecule has 0 aliphatic heterocycles. The third kappa shape index (κ3) is 2.40. The molecule has 1 aromatic rings. The van der Waals surface area contributed by atoms with Gasteiger partial charge in [0.05, 0.1) is 5.41 Å². The summed E-state index contributed by atoms with van der Waals surface area (Å²) in [6.45, 7) is 3.08. The first-order chi connectivity index (χ1) is 8.33. The molecule has 0 heterocycles. The Kier molecular flexibility index (Phi) is 3.18. The zero-order valence-corrected chi connectivity index (χ0v) is 10.9. The average Bonchev–Trinajstić information content (AvgIpc) is 2.12. The van der Waals surface area contributed by atoms with Crippen molar-refractivity contribution >= 4 is 5.97 Å². The van der Waals surface area contributed by atoms with Crippen LogP contribution in [0.2, 0.25) is 0 Å². The van der Waals surface area contributed by atoms with E-state index in [9.17, 15) is 14.3 Å². The molecule has 3 heteroatoms. The van der Waals surface area contributed by atoms with Crippen LogP contribution < -0.4 is 0 Å². The SMILES string of the molecule is CC(C)(F)Cc1cccc(C2(C(=O)O)CCC2)c1. The molecular formula is C15H19FO2. The molecule has 0 saturated heterocycles. The minimum absolute atomic E-state index is 0.316. The lowest BCUT2D eigenvalue weighted by Gasteiger charge is -2.38. The van der Waals surface area contributed by atoms with Crippen molar-refractivity contribution in [1.82, 2.24) is 0 Å². The van der Waals surface area contributed by atoms with Crippen LogP contribution in [0.5, 0.6) is 0 Å². The maximum Gasteiger partial charge on any atom is 0.314 e. The Morgan fingerprint density at radius 2 is 2.11 bits per heavy atom. The van der Waals surface area contributed by atoms with Crippen LogP contribution in [0.4, 0.5) is 4.39 Å². The van der Waals surface area contributed by atoms with Crippen molar-refractivity contribution in [3.05, 3.63) is 35.4 Å². The minimum atomic E-state index is -1.27. The van der Waals surface area contributed by atoms with E-state index >= 15 is 0 Å². The Hall–Kier alpha value is -1.38. The van der Waals surface area contributed by atoms with Crippen LogP contribution >= 0.6 is 0 Å². The number of rotatable bonds is 4. The van der Waals surface area contributed by atoms with E-state index in [1.54, 1.807) is 0 Å². The summed E-state index contributed by atoms with van der Waals surface area (Å²) in [5.74, 6) is -0.759. The van der Waals surface area contributed by atoms with E-state index in [0.29, 0.717) is 19.3 Å². The minimum Gasteiger partial charge on any atom is -0.481 e. The summed E-state index contributed by atoms with van der Waals surface area (Å²) in [6.07, 6.45) is 2.64. The summed E-state index contributed by atoms with van der Waals surface area (Å²) >= 11 is 0. The van der Waals surface area contributed by atoms with Crippen LogP contribution in [-0.2, 0) is 16.6 Å². The molecular weight excluding hydrogens is 231 g/mol. The topological polar surface area (TPSA) is 37.3 Å². The third-order valence-corrected chi connectivity index (χ3v) is 3.72. The van der Waals surface area contributed by atoms with Gasteiger partial charge >= 0.3 is 5.97 Å². The van der Waals surface area contributed by atoms with E-state index in [-0.39, 0.29) is 0 Å². The molecule has 0 bridgehead atoms. The van der Waals surface area contributed by atoms with E-state index in [1.807, 2.05) is 24.3 Å². The van der Waals surface area contributed by atoms with Crippen LogP contribution in [0.3, 0.4) is 0 Å². The molecule has 1 N–H and O–H groups in total. The van der Waals surface area contributed by atoms with Gasteiger partial charge < -0.3 is 5.11 Å². The van der Waals surface area contributed by atoms with Crippen LogP contribution in [0.1, 0.15) is 44.2 Å². The molecule has 2 nitrogen and oxygen atoms in total. The Morgan fingerprint density at radius 1 is 1.44 bits per heavy atom. The van der Waals surface area contributed by atoms with Crippen molar-refractivity contribution in [2.75, 3.05) is 0 Å². The third-order valence-electron chi connectivity index (χ3n) is 3.72. The van der Waals surface area contributed by atoms with Gasteiger partial charge in [0.25, 0.3) is 0 Å². The van der Waals surface area contributed by atoms with Crippen LogP contribution in [0.25, 0.3) is 0 Å². The summed E-state index contributed by atoms with van der Waals surface area (Å²) in [5.41, 5.74) is -0.305. The molecule has 0 unspecified atom stereocenters. The van der Waals surface area contributed by atoms with Crippen LogP contribution in [-0.4, -0.2) is 16.7 Å². The van der Waals surface area contributed by atoms with E-state index in [4.69, 9.17) is 0 Å². The second-order valence-electron chi connectivity index (χ2n) is 5.84. The summed E-state index contributed by atoms with van der Waals surface area (Å²) in [6, 6.07) is 7.40. The van der Waals surface area contributed by atoms with E-state index < -0.39 is 17.1 Å². The summed E-state index contributed by atoms with van der Waals surface area (Å²) < 4.78 is 13.6. The van der Waals surface area contributed by atoms with Crippen molar-refractivity contribution in [2.24, 2.45) is 0 Å². The zero-order chi connectivity index (χ0) is 13.4. The molecule has 0 radical (unpaired) electrons. The quantitative estimate of drug-likeness (QED) is 0.888. The van der Waals surface area contributed by atoms with Crippen molar-refractivity contribution in [3.63, 3.8) is 0 Å². The smallest absolute Gasteiger partial charge is 0.314 e. The van der Waals surface area contributed by atoms with Gasteiger partial charge in [-0.05, 0) is 37.8 Å². The number of carboxylic acid groups (broad SMARTS) is 1. The summed E-state index contributed by atoms with van der Waals surface area (Å²) in [4.78, 5) is 11.4. The highest BCUT2D eigenvalue weighted by Gasteiger charge is 2.45. The lowest BCUT2D eigenvalue weighted by Crippen LogP contribution is -2.42. The largest absolute Gasteiger partial charge is 0.481 e. The molecule has 0 amide bonds. The number of alkyl halides is 1. The van der Waals surface area contributed by atoms with Gasteiger partial charge in [0.1, 0.15) is 5.67 Å². The van der Waals surface area contributed by atoms with Gasteiger partial charge in [-0.2, -0.15) is 0 Å². The van der Waals surface area contributed by atoms with Gasteiger partial charge in [0.2, 0.25) is 0 Å². The zero-order valence-electron chi connectivity index (χ0n) is 10.9. The molecule has 1 aromatic carbocycles. The van der Waals surface area contributed by atoms with Crippen LogP contribution in [0, 0.1) is 0 Å². The predicted octanol–water partition coefficient (Wildman–Crippen LogP) is 3.48. The van der Waals surface area contributed by atoms with Gasteiger partial charge in [-0.25, -0.2) is 4.39 Å². The van der Waals surface area contributed by atoms with Crippen molar-refractivity contribution in [2.45, 2.75) is 50.6 Å². The van der Waals surface area contributed by atoms with Crippen molar-refractivity contribution < 1.29 is 14.3 Å².